The zero-order valence-electron chi connectivity index (χ0n) is 11.5. The van der Waals surface area contributed by atoms with E-state index in [1.54, 1.807) is 13.3 Å². The minimum atomic E-state index is 0.760. The van der Waals surface area contributed by atoms with Gasteiger partial charge in [-0.05, 0) is 13.1 Å². The van der Waals surface area contributed by atoms with E-state index in [-0.39, 0.29) is 0 Å². The van der Waals surface area contributed by atoms with Crippen molar-refractivity contribution in [3.63, 3.8) is 0 Å². The Morgan fingerprint density at radius 2 is 2.11 bits per heavy atom. The molecule has 0 aliphatic carbocycles. The third-order valence-electron chi connectivity index (χ3n) is 3.03. The fraction of sp³-hybridized carbons (Fsp3) is 0.429. The standard InChI is InChI=1S/C14H20N4O/c1-18(9-10-19-2)8-7-15-14-11-16-17-13-6-4-3-5-12(13)14/h3-6,11H,7-10H2,1-2H3,(H,15,17). The van der Waals surface area contributed by atoms with E-state index in [2.05, 4.69) is 33.5 Å². The van der Waals surface area contributed by atoms with Gasteiger partial charge in [-0.25, -0.2) is 0 Å². The molecule has 5 heteroatoms. The number of nitrogens with zero attached hydrogens (tertiary/aromatic N) is 3. The van der Waals surface area contributed by atoms with E-state index in [0.717, 1.165) is 42.8 Å². The molecule has 2 aromatic rings. The molecule has 1 aromatic heterocycles. The summed E-state index contributed by atoms with van der Waals surface area (Å²) in [7, 11) is 3.81. The van der Waals surface area contributed by atoms with Crippen LogP contribution in [0.2, 0.25) is 0 Å². The van der Waals surface area contributed by atoms with Crippen LogP contribution in [0.3, 0.4) is 0 Å². The molecule has 0 aliphatic rings. The maximum atomic E-state index is 5.05. The summed E-state index contributed by atoms with van der Waals surface area (Å²) in [5.74, 6) is 0. The molecule has 102 valence electrons. The largest absolute Gasteiger partial charge is 0.383 e. The predicted molar refractivity (Wildman–Crippen MR) is 77.4 cm³/mol. The van der Waals surface area contributed by atoms with Crippen molar-refractivity contribution in [2.24, 2.45) is 0 Å². The Labute approximate surface area is 113 Å². The van der Waals surface area contributed by atoms with Gasteiger partial charge in [0.15, 0.2) is 0 Å². The van der Waals surface area contributed by atoms with Crippen molar-refractivity contribution in [1.82, 2.24) is 15.1 Å². The molecule has 5 nitrogen and oxygen atoms in total. The summed E-state index contributed by atoms with van der Waals surface area (Å²) >= 11 is 0. The molecular weight excluding hydrogens is 240 g/mol. The van der Waals surface area contributed by atoms with Crippen molar-refractivity contribution < 1.29 is 4.74 Å². The number of rotatable bonds is 7. The van der Waals surface area contributed by atoms with Crippen LogP contribution < -0.4 is 5.32 Å². The lowest BCUT2D eigenvalue weighted by Gasteiger charge is -2.17. The van der Waals surface area contributed by atoms with Gasteiger partial charge in [0.1, 0.15) is 0 Å². The Hall–Kier alpha value is -1.72. The normalized spacial score (nSPS) is 11.1. The monoisotopic (exact) mass is 260 g/mol. The highest BCUT2D eigenvalue weighted by molar-refractivity contribution is 5.90. The van der Waals surface area contributed by atoms with E-state index < -0.39 is 0 Å². The topological polar surface area (TPSA) is 50.3 Å². The molecule has 0 radical (unpaired) electrons. The lowest BCUT2D eigenvalue weighted by atomic mass is 10.2. The summed E-state index contributed by atoms with van der Waals surface area (Å²) in [5.41, 5.74) is 1.95. The first-order chi connectivity index (χ1) is 9.31. The van der Waals surface area contributed by atoms with Gasteiger partial charge in [-0.15, -0.1) is 0 Å². The molecule has 0 saturated heterocycles. The maximum absolute atomic E-state index is 5.05. The second kappa shape index (κ2) is 7.01. The Morgan fingerprint density at radius 3 is 2.95 bits per heavy atom. The average molecular weight is 260 g/mol. The summed E-state index contributed by atoms with van der Waals surface area (Å²) in [6.45, 7) is 3.53. The van der Waals surface area contributed by atoms with Gasteiger partial charge in [-0.3, -0.25) is 0 Å². The predicted octanol–water partition coefficient (Wildman–Crippen LogP) is 1.62. The first kappa shape index (κ1) is 13.7. The summed E-state index contributed by atoms with van der Waals surface area (Å²) in [6.07, 6.45) is 1.78. The van der Waals surface area contributed by atoms with E-state index in [1.807, 2.05) is 18.2 Å². The average Bonchev–Trinajstić information content (AvgIpc) is 2.45. The maximum Gasteiger partial charge on any atom is 0.0950 e. The first-order valence-electron chi connectivity index (χ1n) is 6.43. The van der Waals surface area contributed by atoms with Crippen LogP contribution in [0.25, 0.3) is 10.9 Å². The van der Waals surface area contributed by atoms with Crippen LogP contribution in [0.4, 0.5) is 5.69 Å². The Morgan fingerprint density at radius 1 is 1.26 bits per heavy atom. The number of fused-ring (bicyclic) bond motifs is 1. The number of ether oxygens (including phenoxy) is 1. The molecule has 0 spiro atoms. The van der Waals surface area contributed by atoms with Crippen LogP contribution in [-0.4, -0.2) is 55.5 Å². The van der Waals surface area contributed by atoms with Gasteiger partial charge in [-0.2, -0.15) is 10.2 Å². The molecule has 1 heterocycles. The van der Waals surface area contributed by atoms with Gasteiger partial charge < -0.3 is 15.0 Å². The van der Waals surface area contributed by atoms with E-state index >= 15 is 0 Å². The van der Waals surface area contributed by atoms with E-state index in [0.29, 0.717) is 0 Å². The highest BCUT2D eigenvalue weighted by atomic mass is 16.5. The molecule has 19 heavy (non-hydrogen) atoms. The summed E-state index contributed by atoms with van der Waals surface area (Å²) in [6, 6.07) is 8.01. The fourth-order valence-corrected chi connectivity index (χ4v) is 1.89. The lowest BCUT2D eigenvalue weighted by Crippen LogP contribution is -2.28. The molecule has 0 unspecified atom stereocenters. The quantitative estimate of drug-likeness (QED) is 0.820. The van der Waals surface area contributed by atoms with Crippen LogP contribution in [-0.2, 0) is 4.74 Å². The van der Waals surface area contributed by atoms with Crippen LogP contribution in [0.5, 0.6) is 0 Å². The number of anilines is 1. The third-order valence-corrected chi connectivity index (χ3v) is 3.03. The number of nitrogens with one attached hydrogen (secondary N) is 1. The Balaban J connectivity index is 1.91. The van der Waals surface area contributed by atoms with Crippen LogP contribution in [0, 0.1) is 0 Å². The van der Waals surface area contributed by atoms with E-state index in [4.69, 9.17) is 4.74 Å². The second-order valence-corrected chi connectivity index (χ2v) is 4.50. The molecule has 1 aromatic carbocycles. The smallest absolute Gasteiger partial charge is 0.0950 e. The highest BCUT2D eigenvalue weighted by Crippen LogP contribution is 2.19. The Bertz CT molecular complexity index is 512. The van der Waals surface area contributed by atoms with Gasteiger partial charge in [0.25, 0.3) is 0 Å². The number of likely N-dealkylation sites (N-methyl/N-ethyl adjacent to an activating group) is 1. The lowest BCUT2D eigenvalue weighted by molar-refractivity contribution is 0.163. The van der Waals surface area contributed by atoms with Crippen LogP contribution in [0.15, 0.2) is 30.5 Å². The Kier molecular flexibility index (Phi) is 5.06. The number of benzene rings is 1. The zero-order valence-corrected chi connectivity index (χ0v) is 11.5. The number of aromatic nitrogens is 2. The molecule has 0 amide bonds. The van der Waals surface area contributed by atoms with Gasteiger partial charge >= 0.3 is 0 Å². The molecule has 0 fully saturated rings. The van der Waals surface area contributed by atoms with Crippen LogP contribution in [0.1, 0.15) is 0 Å². The van der Waals surface area contributed by atoms with Crippen molar-refractivity contribution in [2.45, 2.75) is 0 Å². The zero-order chi connectivity index (χ0) is 13.5. The number of hydrogen-bond donors (Lipinski definition) is 1. The van der Waals surface area contributed by atoms with Crippen molar-refractivity contribution in [3.8, 4) is 0 Å². The summed E-state index contributed by atoms with van der Waals surface area (Å²) in [5, 5.41) is 12.6. The molecule has 0 aliphatic heterocycles. The minimum Gasteiger partial charge on any atom is -0.383 e. The highest BCUT2D eigenvalue weighted by Gasteiger charge is 2.02. The molecule has 1 N–H and O–H groups in total. The summed E-state index contributed by atoms with van der Waals surface area (Å²) < 4.78 is 5.05. The van der Waals surface area contributed by atoms with Crippen molar-refractivity contribution >= 4 is 16.6 Å². The molecule has 2 rings (SSSR count). The second-order valence-electron chi connectivity index (χ2n) is 4.50. The van der Waals surface area contributed by atoms with Gasteiger partial charge in [0, 0.05) is 32.1 Å². The third kappa shape index (κ3) is 3.87. The molecule has 0 saturated carbocycles. The van der Waals surface area contributed by atoms with Gasteiger partial charge in [-0.1, -0.05) is 18.2 Å². The van der Waals surface area contributed by atoms with Crippen molar-refractivity contribution in [1.29, 1.82) is 0 Å². The van der Waals surface area contributed by atoms with Crippen LogP contribution >= 0.6 is 0 Å². The van der Waals surface area contributed by atoms with Crippen molar-refractivity contribution in [3.05, 3.63) is 30.5 Å². The fourth-order valence-electron chi connectivity index (χ4n) is 1.89. The molecular formula is C14H20N4O. The van der Waals surface area contributed by atoms with Gasteiger partial charge in [0.2, 0.25) is 0 Å². The van der Waals surface area contributed by atoms with E-state index in [1.165, 1.54) is 0 Å². The first-order valence-corrected chi connectivity index (χ1v) is 6.43. The number of methoxy groups -OCH3 is 1. The minimum absolute atomic E-state index is 0.760. The molecule has 0 bridgehead atoms. The molecule has 0 atom stereocenters. The van der Waals surface area contributed by atoms with E-state index in [9.17, 15) is 0 Å². The van der Waals surface area contributed by atoms with Crippen molar-refractivity contribution in [2.75, 3.05) is 45.7 Å². The number of hydrogen-bond acceptors (Lipinski definition) is 5. The SMILES string of the molecule is COCCN(C)CCNc1cnnc2ccccc12. The summed E-state index contributed by atoms with van der Waals surface area (Å²) in [4.78, 5) is 2.23. The van der Waals surface area contributed by atoms with Gasteiger partial charge in [0.05, 0.1) is 24.0 Å².